The summed E-state index contributed by atoms with van der Waals surface area (Å²) in [4.78, 5) is 11.9. The fourth-order valence-corrected chi connectivity index (χ4v) is 2.69. The van der Waals surface area contributed by atoms with E-state index in [1.54, 1.807) is 0 Å². The number of hydrogen-bond donors (Lipinski definition) is 2. The third-order valence-electron chi connectivity index (χ3n) is 2.88. The van der Waals surface area contributed by atoms with Crippen LogP contribution in [0.3, 0.4) is 0 Å². The number of carbonyl (C=O) groups excluding carboxylic acids is 1. The van der Waals surface area contributed by atoms with Gasteiger partial charge in [-0.2, -0.15) is 0 Å². The van der Waals surface area contributed by atoms with E-state index in [9.17, 15) is 4.79 Å². The molecule has 1 amide bonds. The molecule has 0 radical (unpaired) electrons. The van der Waals surface area contributed by atoms with E-state index in [0.29, 0.717) is 6.54 Å². The summed E-state index contributed by atoms with van der Waals surface area (Å²) in [6, 6.07) is 0. The van der Waals surface area contributed by atoms with Gasteiger partial charge in [-0.25, -0.2) is 9.17 Å². The highest BCUT2D eigenvalue weighted by Gasteiger charge is 2.39. The average molecular weight is 269 g/mol. The predicted molar refractivity (Wildman–Crippen MR) is 70.6 cm³/mol. The molecule has 5 nitrogen and oxygen atoms in total. The maximum Gasteiger partial charge on any atom is 0.408 e. The van der Waals surface area contributed by atoms with Crippen molar-refractivity contribution < 1.29 is 9.53 Å². The molecule has 18 heavy (non-hydrogen) atoms. The zero-order valence-corrected chi connectivity index (χ0v) is 11.8. The quantitative estimate of drug-likeness (QED) is 0.860. The van der Waals surface area contributed by atoms with Crippen molar-refractivity contribution in [2.24, 2.45) is 0 Å². The van der Waals surface area contributed by atoms with Crippen molar-refractivity contribution in [2.75, 3.05) is 13.1 Å². The van der Waals surface area contributed by atoms with Gasteiger partial charge < -0.3 is 15.4 Å². The van der Waals surface area contributed by atoms with Crippen molar-refractivity contribution in [3.8, 4) is 0 Å². The highest BCUT2D eigenvalue weighted by molar-refractivity contribution is 7.03. The molecule has 0 aliphatic carbocycles. The Morgan fingerprint density at radius 2 is 2.39 bits per heavy atom. The summed E-state index contributed by atoms with van der Waals surface area (Å²) in [7, 11) is 0. The molecule has 1 aromatic heterocycles. The molecule has 1 aromatic rings. The van der Waals surface area contributed by atoms with Gasteiger partial charge in [-0.15, -0.1) is 0 Å². The van der Waals surface area contributed by atoms with E-state index < -0.39 is 5.60 Å². The first-order valence-electron chi connectivity index (χ1n) is 6.03. The second-order valence-corrected chi connectivity index (χ2v) is 6.21. The minimum atomic E-state index is -0.482. The summed E-state index contributed by atoms with van der Waals surface area (Å²) in [6.07, 6.45) is 2.29. The number of rotatable bonds is 2. The summed E-state index contributed by atoms with van der Waals surface area (Å²) in [5, 5.41) is 8.25. The SMILES string of the molecule is CC(C)(C)OC(=O)NC1(c2cnsc2)CCNC1. The molecule has 2 N–H and O–H groups in total. The summed E-state index contributed by atoms with van der Waals surface area (Å²) in [6.45, 7) is 7.17. The molecular formula is C12H19N3O2S. The van der Waals surface area contributed by atoms with Crippen molar-refractivity contribution in [3.63, 3.8) is 0 Å². The third kappa shape index (κ3) is 3.00. The predicted octanol–water partition coefficient (Wildman–Crippen LogP) is 1.86. The number of nitrogens with zero attached hydrogens (tertiary/aromatic N) is 1. The van der Waals surface area contributed by atoms with Crippen molar-refractivity contribution in [2.45, 2.75) is 38.3 Å². The van der Waals surface area contributed by atoms with Gasteiger partial charge in [0.1, 0.15) is 5.60 Å². The average Bonchev–Trinajstić information content (AvgIpc) is 2.82. The molecule has 1 saturated heterocycles. The lowest BCUT2D eigenvalue weighted by Gasteiger charge is -2.30. The molecule has 0 spiro atoms. The van der Waals surface area contributed by atoms with Crippen LogP contribution in [0.25, 0.3) is 0 Å². The molecule has 2 heterocycles. The van der Waals surface area contributed by atoms with E-state index in [0.717, 1.165) is 18.5 Å². The second kappa shape index (κ2) is 4.85. The normalized spacial score (nSPS) is 23.9. The first-order valence-corrected chi connectivity index (χ1v) is 6.87. The number of ether oxygens (including phenoxy) is 1. The minimum absolute atomic E-state index is 0.377. The summed E-state index contributed by atoms with van der Waals surface area (Å²) in [5.41, 5.74) is 0.183. The fraction of sp³-hybridized carbons (Fsp3) is 0.667. The van der Waals surface area contributed by atoms with E-state index in [-0.39, 0.29) is 11.6 Å². The van der Waals surface area contributed by atoms with Crippen molar-refractivity contribution >= 4 is 17.6 Å². The van der Waals surface area contributed by atoms with Crippen LogP contribution in [-0.4, -0.2) is 29.2 Å². The lowest BCUT2D eigenvalue weighted by molar-refractivity contribution is 0.0461. The maximum atomic E-state index is 11.9. The number of aromatic nitrogens is 1. The van der Waals surface area contributed by atoms with Crippen LogP contribution < -0.4 is 10.6 Å². The molecule has 0 saturated carbocycles. The Balaban J connectivity index is 2.10. The maximum absolute atomic E-state index is 11.9. The first kappa shape index (κ1) is 13.3. The van der Waals surface area contributed by atoms with E-state index in [1.807, 2.05) is 32.3 Å². The number of nitrogens with one attached hydrogen (secondary N) is 2. The Kier molecular flexibility index (Phi) is 3.59. The van der Waals surface area contributed by atoms with Gasteiger partial charge >= 0.3 is 6.09 Å². The lowest BCUT2D eigenvalue weighted by atomic mass is 9.92. The van der Waals surface area contributed by atoms with Crippen LogP contribution in [0.4, 0.5) is 4.79 Å². The number of hydrogen-bond acceptors (Lipinski definition) is 5. The Morgan fingerprint density at radius 3 is 2.89 bits per heavy atom. The van der Waals surface area contributed by atoms with Gasteiger partial charge in [-0.1, -0.05) is 0 Å². The molecule has 0 aromatic carbocycles. The summed E-state index contributed by atoms with van der Waals surface area (Å²) >= 11 is 1.40. The van der Waals surface area contributed by atoms with Crippen LogP contribution >= 0.6 is 11.5 Å². The molecule has 6 heteroatoms. The van der Waals surface area contributed by atoms with Gasteiger partial charge in [0, 0.05) is 23.7 Å². The number of amides is 1. The molecule has 0 bridgehead atoms. The monoisotopic (exact) mass is 269 g/mol. The number of carbonyl (C=O) groups is 1. The zero-order chi connectivity index (χ0) is 13.2. The lowest BCUT2D eigenvalue weighted by Crippen LogP contribution is -2.49. The van der Waals surface area contributed by atoms with E-state index in [4.69, 9.17) is 4.74 Å². The Morgan fingerprint density at radius 1 is 1.61 bits per heavy atom. The van der Waals surface area contributed by atoms with E-state index in [2.05, 4.69) is 15.0 Å². The smallest absolute Gasteiger partial charge is 0.408 e. The highest BCUT2D eigenvalue weighted by Crippen LogP contribution is 2.29. The molecule has 1 aliphatic rings. The van der Waals surface area contributed by atoms with Crippen LogP contribution in [0, 0.1) is 0 Å². The zero-order valence-electron chi connectivity index (χ0n) is 10.9. The van der Waals surface area contributed by atoms with E-state index in [1.165, 1.54) is 11.5 Å². The summed E-state index contributed by atoms with van der Waals surface area (Å²) in [5.74, 6) is 0. The van der Waals surface area contributed by atoms with Crippen molar-refractivity contribution in [1.29, 1.82) is 0 Å². The third-order valence-corrected chi connectivity index (χ3v) is 3.47. The topological polar surface area (TPSA) is 63.2 Å². The molecule has 1 unspecified atom stereocenters. The highest BCUT2D eigenvalue weighted by atomic mass is 32.1. The molecule has 100 valence electrons. The van der Waals surface area contributed by atoms with Crippen LogP contribution in [-0.2, 0) is 10.3 Å². The van der Waals surface area contributed by atoms with E-state index >= 15 is 0 Å². The largest absolute Gasteiger partial charge is 0.444 e. The van der Waals surface area contributed by atoms with Crippen molar-refractivity contribution in [3.05, 3.63) is 17.1 Å². The first-order chi connectivity index (χ1) is 8.41. The van der Waals surface area contributed by atoms with Gasteiger partial charge in [0.05, 0.1) is 5.54 Å². The molecule has 1 atom stereocenters. The van der Waals surface area contributed by atoms with Crippen LogP contribution in [0.2, 0.25) is 0 Å². The Bertz CT molecular complexity index is 405. The second-order valence-electron chi connectivity index (χ2n) is 5.55. The van der Waals surface area contributed by atoms with Crippen LogP contribution in [0.15, 0.2) is 11.6 Å². The summed E-state index contributed by atoms with van der Waals surface area (Å²) < 4.78 is 9.44. The van der Waals surface area contributed by atoms with Gasteiger partial charge in [-0.05, 0) is 45.3 Å². The van der Waals surface area contributed by atoms with Gasteiger partial charge in [0.15, 0.2) is 0 Å². The van der Waals surface area contributed by atoms with Gasteiger partial charge in [0.25, 0.3) is 0 Å². The molecular weight excluding hydrogens is 250 g/mol. The van der Waals surface area contributed by atoms with Gasteiger partial charge in [0.2, 0.25) is 0 Å². The van der Waals surface area contributed by atoms with Crippen LogP contribution in [0.1, 0.15) is 32.8 Å². The fourth-order valence-electron chi connectivity index (χ4n) is 2.06. The van der Waals surface area contributed by atoms with Gasteiger partial charge in [-0.3, -0.25) is 0 Å². The molecule has 1 fully saturated rings. The molecule has 1 aliphatic heterocycles. The van der Waals surface area contributed by atoms with Crippen LogP contribution in [0.5, 0.6) is 0 Å². The number of alkyl carbamates (subject to hydrolysis) is 1. The Labute approximate surface area is 111 Å². The standard InChI is InChI=1S/C12H19N3O2S/c1-11(2,3)17-10(16)15-12(4-5-13-8-12)9-6-14-18-7-9/h6-7,13H,4-5,8H2,1-3H3,(H,15,16). The van der Waals surface area contributed by atoms with Crippen molar-refractivity contribution in [1.82, 2.24) is 15.0 Å². The molecule has 2 rings (SSSR count). The minimum Gasteiger partial charge on any atom is -0.444 e. The Hall–Kier alpha value is -1.14.